The predicted octanol–water partition coefficient (Wildman–Crippen LogP) is 6.99. The van der Waals surface area contributed by atoms with Gasteiger partial charge in [0.2, 0.25) is 0 Å². The van der Waals surface area contributed by atoms with Crippen LogP contribution in [0.5, 0.6) is 11.5 Å². The Morgan fingerprint density at radius 3 is 1.80 bits per heavy atom. The molecule has 0 heterocycles. The van der Waals surface area contributed by atoms with Gasteiger partial charge in [0.15, 0.2) is 0 Å². The molecule has 0 aliphatic carbocycles. The van der Waals surface area contributed by atoms with Gasteiger partial charge >= 0.3 is 11.9 Å². The van der Waals surface area contributed by atoms with E-state index in [9.17, 15) is 9.59 Å². The van der Waals surface area contributed by atoms with Crippen LogP contribution in [0.25, 0.3) is 11.1 Å². The molecule has 0 aliphatic rings. The van der Waals surface area contributed by atoms with Crippen LogP contribution >= 0.6 is 0 Å². The second-order valence-electron chi connectivity index (χ2n) is 9.55. The zero-order chi connectivity index (χ0) is 28.6. The summed E-state index contributed by atoms with van der Waals surface area (Å²) in [5.74, 6) is 0.569. The molecule has 7 nitrogen and oxygen atoms in total. The van der Waals surface area contributed by atoms with Crippen LogP contribution in [0.2, 0.25) is 0 Å². The summed E-state index contributed by atoms with van der Waals surface area (Å²) in [5.41, 5.74) is 2.82. The number of esters is 2. The summed E-state index contributed by atoms with van der Waals surface area (Å²) in [7, 11) is 0. The van der Waals surface area contributed by atoms with Crippen molar-refractivity contribution in [2.24, 2.45) is 5.92 Å². The lowest BCUT2D eigenvalue weighted by atomic mass is 10.0. The fourth-order valence-corrected chi connectivity index (χ4v) is 3.57. The highest BCUT2D eigenvalue weighted by molar-refractivity contribution is 5.92. The molecule has 0 spiro atoms. The predicted molar refractivity (Wildman–Crippen MR) is 155 cm³/mol. The maximum Gasteiger partial charge on any atom is 0.343 e. The van der Waals surface area contributed by atoms with Gasteiger partial charge in [0, 0.05) is 6.61 Å². The van der Waals surface area contributed by atoms with Crippen molar-refractivity contribution in [2.75, 3.05) is 39.6 Å². The topological polar surface area (TPSA) is 80.3 Å². The van der Waals surface area contributed by atoms with E-state index >= 15 is 0 Å². The van der Waals surface area contributed by atoms with Gasteiger partial charge in [-0.1, -0.05) is 57.9 Å². The Balaban J connectivity index is 1.42. The van der Waals surface area contributed by atoms with Crippen molar-refractivity contribution in [3.63, 3.8) is 0 Å². The Kier molecular flexibility index (Phi) is 13.2. The quantitative estimate of drug-likeness (QED) is 0.102. The summed E-state index contributed by atoms with van der Waals surface area (Å²) in [6.45, 7) is 9.52. The van der Waals surface area contributed by atoms with Crippen LogP contribution in [-0.2, 0) is 14.2 Å². The van der Waals surface area contributed by atoms with E-state index < -0.39 is 5.97 Å². The van der Waals surface area contributed by atoms with Gasteiger partial charge in [-0.15, -0.1) is 0 Å². The van der Waals surface area contributed by atoms with E-state index in [4.69, 9.17) is 23.7 Å². The number of rotatable bonds is 17. The molecule has 0 N–H and O–H groups in total. The van der Waals surface area contributed by atoms with Crippen molar-refractivity contribution in [2.45, 2.75) is 40.0 Å². The van der Waals surface area contributed by atoms with Gasteiger partial charge in [0.05, 0.1) is 37.6 Å². The van der Waals surface area contributed by atoms with Crippen LogP contribution in [0.15, 0.2) is 72.8 Å². The van der Waals surface area contributed by atoms with Crippen LogP contribution in [0.4, 0.5) is 0 Å². The first-order valence-electron chi connectivity index (χ1n) is 14.0. The van der Waals surface area contributed by atoms with Gasteiger partial charge in [-0.25, -0.2) is 9.59 Å². The Hall–Kier alpha value is -3.68. The second kappa shape index (κ2) is 17.1. The van der Waals surface area contributed by atoms with Crippen molar-refractivity contribution in [1.29, 1.82) is 0 Å². The molecular weight excluding hydrogens is 508 g/mol. The average Bonchev–Trinajstić information content (AvgIpc) is 2.99. The molecule has 3 aromatic rings. The zero-order valence-electron chi connectivity index (χ0n) is 23.7. The van der Waals surface area contributed by atoms with E-state index in [-0.39, 0.29) is 5.97 Å². The van der Waals surface area contributed by atoms with E-state index in [1.165, 1.54) is 0 Å². The first kappa shape index (κ1) is 30.9. The number of hydrogen-bond donors (Lipinski definition) is 0. The normalized spacial score (nSPS) is 11.6. The molecule has 0 radical (unpaired) electrons. The van der Waals surface area contributed by atoms with Crippen molar-refractivity contribution < 1.29 is 33.3 Å². The minimum atomic E-state index is -0.475. The summed E-state index contributed by atoms with van der Waals surface area (Å²) in [4.78, 5) is 24.8. The number of carbonyl (C=O) groups excluding carboxylic acids is 2. The van der Waals surface area contributed by atoms with Crippen LogP contribution in [0.3, 0.4) is 0 Å². The molecule has 3 aromatic carbocycles. The van der Waals surface area contributed by atoms with Gasteiger partial charge in [-0.3, -0.25) is 0 Å². The molecule has 0 bridgehead atoms. The molecule has 3 rings (SSSR count). The first-order valence-corrected chi connectivity index (χ1v) is 14.0. The summed E-state index contributed by atoms with van der Waals surface area (Å²) in [6, 6.07) is 21.3. The fraction of sp³-hybridized carbons (Fsp3) is 0.394. The van der Waals surface area contributed by atoms with Crippen molar-refractivity contribution in [1.82, 2.24) is 0 Å². The second-order valence-corrected chi connectivity index (χ2v) is 9.55. The molecule has 0 aromatic heterocycles. The number of hydrogen-bond acceptors (Lipinski definition) is 7. The van der Waals surface area contributed by atoms with E-state index in [1.54, 1.807) is 36.4 Å². The zero-order valence-corrected chi connectivity index (χ0v) is 23.7. The van der Waals surface area contributed by atoms with Crippen LogP contribution < -0.4 is 9.47 Å². The molecule has 1 atom stereocenters. The molecular formula is C33H40O7. The molecule has 0 saturated heterocycles. The van der Waals surface area contributed by atoms with Gasteiger partial charge in [-0.05, 0) is 72.0 Å². The minimum Gasteiger partial charge on any atom is -0.491 e. The van der Waals surface area contributed by atoms with Gasteiger partial charge in [0.25, 0.3) is 0 Å². The summed E-state index contributed by atoms with van der Waals surface area (Å²) >= 11 is 0. The third kappa shape index (κ3) is 10.5. The van der Waals surface area contributed by atoms with E-state index in [0.29, 0.717) is 55.8 Å². The van der Waals surface area contributed by atoms with E-state index in [1.807, 2.05) is 43.3 Å². The maximum absolute atomic E-state index is 12.6. The summed E-state index contributed by atoms with van der Waals surface area (Å²) in [6.07, 6.45) is 3.15. The Morgan fingerprint density at radius 1 is 0.650 bits per heavy atom. The Bertz CT molecular complexity index is 1150. The highest BCUT2D eigenvalue weighted by Gasteiger charge is 2.12. The molecule has 0 aliphatic heterocycles. The number of benzene rings is 3. The highest BCUT2D eigenvalue weighted by atomic mass is 16.5. The molecule has 0 fully saturated rings. The summed E-state index contributed by atoms with van der Waals surface area (Å²) < 4.78 is 27.5. The van der Waals surface area contributed by atoms with Crippen molar-refractivity contribution in [3.8, 4) is 22.6 Å². The smallest absolute Gasteiger partial charge is 0.343 e. The summed E-state index contributed by atoms with van der Waals surface area (Å²) in [5, 5.41) is 0. The standard InChI is InChI=1S/C33H40O7/c1-4-6-19-36-20-21-37-22-23-38-30-15-11-27(12-16-30)26-7-9-29(10-8-26)33(35)40-31-17-13-28(14-18-31)32(34)39-24-25(3)5-2/h7-18,25H,4-6,19-24H2,1-3H3. The van der Waals surface area contributed by atoms with Gasteiger partial charge < -0.3 is 23.7 Å². The van der Waals surface area contributed by atoms with Gasteiger partial charge in [0.1, 0.15) is 18.1 Å². The van der Waals surface area contributed by atoms with Crippen molar-refractivity contribution >= 4 is 11.9 Å². The molecule has 0 saturated carbocycles. The van der Waals surface area contributed by atoms with Crippen molar-refractivity contribution in [3.05, 3.63) is 83.9 Å². The molecule has 7 heteroatoms. The molecule has 40 heavy (non-hydrogen) atoms. The largest absolute Gasteiger partial charge is 0.491 e. The first-order chi connectivity index (χ1) is 19.5. The molecule has 1 unspecified atom stereocenters. The van der Waals surface area contributed by atoms with Crippen LogP contribution in [-0.4, -0.2) is 51.6 Å². The van der Waals surface area contributed by atoms with Gasteiger partial charge in [-0.2, -0.15) is 0 Å². The Labute approximate surface area is 237 Å². The van der Waals surface area contributed by atoms with Crippen LogP contribution in [0.1, 0.15) is 60.7 Å². The Morgan fingerprint density at radius 2 is 1.18 bits per heavy atom. The van der Waals surface area contributed by atoms with E-state index in [2.05, 4.69) is 13.8 Å². The number of unbranched alkanes of at least 4 members (excludes halogenated alkanes) is 1. The van der Waals surface area contributed by atoms with E-state index in [0.717, 1.165) is 42.7 Å². The fourth-order valence-electron chi connectivity index (χ4n) is 3.57. The highest BCUT2D eigenvalue weighted by Crippen LogP contribution is 2.23. The minimum absolute atomic E-state index is 0.311. The lowest BCUT2D eigenvalue weighted by molar-refractivity contribution is 0.0356. The molecule has 0 amide bonds. The SMILES string of the molecule is CCCCOCCOCCOc1ccc(-c2ccc(C(=O)Oc3ccc(C(=O)OCC(C)CC)cc3)cc2)cc1. The monoisotopic (exact) mass is 548 g/mol. The third-order valence-electron chi connectivity index (χ3n) is 6.32. The lowest BCUT2D eigenvalue weighted by Gasteiger charge is -2.10. The number of ether oxygens (including phenoxy) is 5. The third-order valence-corrected chi connectivity index (χ3v) is 6.32. The number of carbonyl (C=O) groups is 2. The molecule has 214 valence electrons. The maximum atomic E-state index is 12.6. The van der Waals surface area contributed by atoms with Crippen LogP contribution in [0, 0.1) is 5.92 Å². The average molecular weight is 549 g/mol. The lowest BCUT2D eigenvalue weighted by Crippen LogP contribution is -2.12.